The van der Waals surface area contributed by atoms with Gasteiger partial charge in [0.05, 0.1) is 24.9 Å². The molecule has 2 amide bonds. The average molecular weight is 368 g/mol. The van der Waals surface area contributed by atoms with Crippen LogP contribution < -0.4 is 15.0 Å². The molecule has 0 fully saturated rings. The second-order valence-corrected chi connectivity index (χ2v) is 6.66. The fourth-order valence-electron chi connectivity index (χ4n) is 2.89. The average Bonchev–Trinajstić information content (AvgIpc) is 2.70. The molecule has 0 unspecified atom stereocenters. The first kappa shape index (κ1) is 18.9. The topological polar surface area (TPSA) is 67.9 Å². The number of para-hydroxylation sites is 2. The van der Waals surface area contributed by atoms with Gasteiger partial charge in [-0.1, -0.05) is 24.3 Å². The Morgan fingerprint density at radius 1 is 1.19 bits per heavy atom. The number of likely N-dealkylation sites (N-methyl/N-ethyl adjacent to an activating group) is 1. The predicted octanol–water partition coefficient (Wildman–Crippen LogP) is 2.77. The van der Waals surface area contributed by atoms with Crippen molar-refractivity contribution in [2.45, 2.75) is 32.7 Å². The number of amides is 2. The molecule has 1 aliphatic heterocycles. The van der Waals surface area contributed by atoms with E-state index in [4.69, 9.17) is 9.47 Å². The highest BCUT2D eigenvalue weighted by molar-refractivity contribution is 6.07. The first-order chi connectivity index (χ1) is 13.0. The third kappa shape index (κ3) is 4.28. The lowest BCUT2D eigenvalue weighted by Crippen LogP contribution is -2.50. The highest BCUT2D eigenvalue weighted by atomic mass is 16.5. The molecule has 0 radical (unpaired) electrons. The number of hydrogen-bond acceptors (Lipinski definition) is 4. The highest BCUT2D eigenvalue weighted by Crippen LogP contribution is 2.34. The molecular formula is C21H24N2O4. The lowest BCUT2D eigenvalue weighted by Gasteiger charge is -2.34. The van der Waals surface area contributed by atoms with Crippen molar-refractivity contribution in [3.05, 3.63) is 59.7 Å². The summed E-state index contributed by atoms with van der Waals surface area (Å²) >= 11 is 0. The molecule has 1 atom stereocenters. The van der Waals surface area contributed by atoms with Crippen molar-refractivity contribution in [2.75, 3.05) is 18.5 Å². The highest BCUT2D eigenvalue weighted by Gasteiger charge is 2.33. The number of carbonyl (C=O) groups excluding carboxylic acids is 2. The zero-order valence-corrected chi connectivity index (χ0v) is 15.8. The summed E-state index contributed by atoms with van der Waals surface area (Å²) in [5.74, 6) is 0.0899. The van der Waals surface area contributed by atoms with Crippen LogP contribution in [0.5, 0.6) is 5.75 Å². The van der Waals surface area contributed by atoms with Crippen LogP contribution in [-0.2, 0) is 16.1 Å². The van der Waals surface area contributed by atoms with Gasteiger partial charge in [-0.3, -0.25) is 9.59 Å². The van der Waals surface area contributed by atoms with Crippen molar-refractivity contribution >= 4 is 17.5 Å². The molecule has 3 rings (SSSR count). The summed E-state index contributed by atoms with van der Waals surface area (Å²) in [6.07, 6.45) is -0.592. The Labute approximate surface area is 159 Å². The summed E-state index contributed by atoms with van der Waals surface area (Å²) in [6, 6.07) is 14.6. The van der Waals surface area contributed by atoms with Crippen molar-refractivity contribution in [1.29, 1.82) is 0 Å². The minimum Gasteiger partial charge on any atom is -0.477 e. The van der Waals surface area contributed by atoms with Gasteiger partial charge in [-0.05, 0) is 43.7 Å². The number of nitrogens with one attached hydrogen (secondary N) is 1. The molecule has 1 aliphatic rings. The summed E-state index contributed by atoms with van der Waals surface area (Å²) in [6.45, 7) is 4.63. The van der Waals surface area contributed by atoms with Crippen molar-refractivity contribution in [3.8, 4) is 5.75 Å². The maximum atomic E-state index is 13.1. The molecule has 0 saturated heterocycles. The van der Waals surface area contributed by atoms with Gasteiger partial charge in [0.1, 0.15) is 5.75 Å². The smallest absolute Gasteiger partial charge is 0.262 e. The van der Waals surface area contributed by atoms with Crippen LogP contribution in [0, 0.1) is 0 Å². The molecule has 142 valence electrons. The van der Waals surface area contributed by atoms with Crippen LogP contribution in [0.4, 0.5) is 5.69 Å². The molecular weight excluding hydrogens is 344 g/mol. The van der Waals surface area contributed by atoms with Crippen molar-refractivity contribution < 1.29 is 19.1 Å². The van der Waals surface area contributed by atoms with E-state index in [9.17, 15) is 9.59 Å². The number of rotatable bonds is 5. The molecule has 0 spiro atoms. The van der Waals surface area contributed by atoms with Gasteiger partial charge in [-0.2, -0.15) is 0 Å². The van der Waals surface area contributed by atoms with Gasteiger partial charge in [0, 0.05) is 12.6 Å². The van der Waals surface area contributed by atoms with Gasteiger partial charge >= 0.3 is 0 Å². The van der Waals surface area contributed by atoms with Gasteiger partial charge in [-0.25, -0.2) is 0 Å². The number of anilines is 1. The molecule has 2 aromatic carbocycles. The Balaban J connectivity index is 1.83. The fraction of sp³-hybridized carbons (Fsp3) is 0.333. The molecule has 0 aliphatic carbocycles. The van der Waals surface area contributed by atoms with Gasteiger partial charge in [0.25, 0.3) is 11.8 Å². The van der Waals surface area contributed by atoms with Gasteiger partial charge in [0.2, 0.25) is 0 Å². The summed E-state index contributed by atoms with van der Waals surface area (Å²) in [4.78, 5) is 26.8. The van der Waals surface area contributed by atoms with E-state index in [2.05, 4.69) is 5.32 Å². The summed E-state index contributed by atoms with van der Waals surface area (Å²) in [5.41, 5.74) is 2.22. The van der Waals surface area contributed by atoms with Crippen molar-refractivity contribution in [2.24, 2.45) is 0 Å². The van der Waals surface area contributed by atoms with Crippen molar-refractivity contribution in [3.63, 3.8) is 0 Å². The number of fused-ring (bicyclic) bond motifs is 1. The Kier molecular flexibility index (Phi) is 5.76. The predicted molar refractivity (Wildman–Crippen MR) is 103 cm³/mol. The number of ether oxygens (including phenoxy) is 2. The second-order valence-electron chi connectivity index (χ2n) is 6.66. The Bertz CT molecular complexity index is 817. The Morgan fingerprint density at radius 2 is 1.89 bits per heavy atom. The number of carbonyl (C=O) groups is 2. The standard InChI is InChI=1S/C21H24N2O4/c1-14(2)26-13-15-8-10-16(11-9-15)21(25)23-12-19(20(24)22-3)27-18-7-5-4-6-17(18)23/h4-11,14,19H,12-13H2,1-3H3,(H,22,24)/t19-/m1/s1. The van der Waals surface area contributed by atoms with Crippen molar-refractivity contribution in [1.82, 2.24) is 5.32 Å². The minimum absolute atomic E-state index is 0.151. The maximum absolute atomic E-state index is 13.1. The third-order valence-corrected chi connectivity index (χ3v) is 4.34. The lowest BCUT2D eigenvalue weighted by atomic mass is 10.1. The minimum atomic E-state index is -0.743. The molecule has 6 nitrogen and oxygen atoms in total. The van der Waals surface area contributed by atoms with Gasteiger partial charge < -0.3 is 19.7 Å². The van der Waals surface area contributed by atoms with E-state index in [1.165, 1.54) is 0 Å². The normalized spacial score (nSPS) is 15.9. The monoisotopic (exact) mass is 368 g/mol. The summed E-state index contributed by atoms with van der Waals surface area (Å²) in [5, 5.41) is 2.58. The molecule has 2 aromatic rings. The van der Waals surface area contributed by atoms with E-state index in [1.54, 1.807) is 30.1 Å². The van der Waals surface area contributed by atoms with E-state index in [-0.39, 0.29) is 24.5 Å². The van der Waals surface area contributed by atoms with Crippen LogP contribution in [0.1, 0.15) is 29.8 Å². The SMILES string of the molecule is CNC(=O)[C@H]1CN(C(=O)c2ccc(COC(C)C)cc2)c2ccccc2O1. The first-order valence-corrected chi connectivity index (χ1v) is 8.99. The molecule has 6 heteroatoms. The van der Waals surface area contributed by atoms with E-state index >= 15 is 0 Å². The molecule has 27 heavy (non-hydrogen) atoms. The van der Waals surface area contributed by atoms with Crippen LogP contribution in [0.3, 0.4) is 0 Å². The molecule has 0 bridgehead atoms. The van der Waals surface area contributed by atoms with Gasteiger partial charge in [-0.15, -0.1) is 0 Å². The molecule has 0 saturated carbocycles. The largest absolute Gasteiger partial charge is 0.477 e. The van der Waals surface area contributed by atoms with Crippen LogP contribution in [-0.4, -0.2) is 37.6 Å². The lowest BCUT2D eigenvalue weighted by molar-refractivity contribution is -0.127. The fourth-order valence-corrected chi connectivity index (χ4v) is 2.89. The number of nitrogens with zero attached hydrogens (tertiary/aromatic N) is 1. The zero-order valence-electron chi connectivity index (χ0n) is 15.8. The Hall–Kier alpha value is -2.86. The molecule has 0 aromatic heterocycles. The maximum Gasteiger partial charge on any atom is 0.262 e. The van der Waals surface area contributed by atoms with E-state index in [0.717, 1.165) is 5.56 Å². The van der Waals surface area contributed by atoms with E-state index in [1.807, 2.05) is 44.2 Å². The zero-order chi connectivity index (χ0) is 19.4. The van der Waals surface area contributed by atoms with Gasteiger partial charge in [0.15, 0.2) is 6.10 Å². The molecule has 1 heterocycles. The summed E-state index contributed by atoms with van der Waals surface area (Å²) in [7, 11) is 1.55. The quantitative estimate of drug-likeness (QED) is 0.881. The summed E-state index contributed by atoms with van der Waals surface area (Å²) < 4.78 is 11.3. The Morgan fingerprint density at radius 3 is 2.56 bits per heavy atom. The first-order valence-electron chi connectivity index (χ1n) is 8.99. The molecule has 1 N–H and O–H groups in total. The van der Waals surface area contributed by atoms with Crippen LogP contribution in [0.15, 0.2) is 48.5 Å². The second kappa shape index (κ2) is 8.22. The number of benzene rings is 2. The van der Waals surface area contributed by atoms with E-state index in [0.29, 0.717) is 23.6 Å². The van der Waals surface area contributed by atoms with Crippen LogP contribution in [0.2, 0.25) is 0 Å². The third-order valence-electron chi connectivity index (χ3n) is 4.34. The van der Waals surface area contributed by atoms with Crippen LogP contribution >= 0.6 is 0 Å². The van der Waals surface area contributed by atoms with E-state index < -0.39 is 6.10 Å². The number of hydrogen-bond donors (Lipinski definition) is 1. The van der Waals surface area contributed by atoms with Crippen LogP contribution in [0.25, 0.3) is 0 Å².